The van der Waals surface area contributed by atoms with E-state index in [9.17, 15) is 4.79 Å². The van der Waals surface area contributed by atoms with Gasteiger partial charge < -0.3 is 10.8 Å². The Hall–Kier alpha value is -1.13. The Morgan fingerprint density at radius 3 is 2.54 bits per heavy atom. The van der Waals surface area contributed by atoms with Gasteiger partial charge >= 0.3 is 5.97 Å². The molecule has 0 amide bonds. The van der Waals surface area contributed by atoms with Crippen molar-refractivity contribution >= 4 is 18.4 Å². The van der Waals surface area contributed by atoms with Gasteiger partial charge in [0.15, 0.2) is 0 Å². The summed E-state index contributed by atoms with van der Waals surface area (Å²) in [6, 6.07) is 2.68. The fraction of sp³-hybridized carbons (Fsp3) is 0.250. The number of nitrogens with zero attached hydrogens (tertiary/aromatic N) is 1. The zero-order valence-electron chi connectivity index (χ0n) is 6.88. The number of nitrogens with two attached hydrogens (primary N) is 1. The monoisotopic (exact) mass is 202 g/mol. The maximum atomic E-state index is 10.4. The smallest absolute Gasteiger partial charge is 0.320 e. The van der Waals surface area contributed by atoms with Crippen LogP contribution in [-0.4, -0.2) is 22.1 Å². The second-order valence-electron chi connectivity index (χ2n) is 2.50. The van der Waals surface area contributed by atoms with Crippen LogP contribution in [-0.2, 0) is 11.2 Å². The zero-order valence-corrected chi connectivity index (χ0v) is 7.70. The van der Waals surface area contributed by atoms with Gasteiger partial charge in [-0.1, -0.05) is 0 Å². The van der Waals surface area contributed by atoms with Gasteiger partial charge in [-0.3, -0.25) is 9.78 Å². The molecule has 4 nitrogen and oxygen atoms in total. The molecular formula is C8H11ClN2O2. The Morgan fingerprint density at radius 1 is 1.54 bits per heavy atom. The summed E-state index contributed by atoms with van der Waals surface area (Å²) >= 11 is 0. The van der Waals surface area contributed by atoms with Crippen LogP contribution < -0.4 is 5.73 Å². The molecule has 1 aromatic rings. The van der Waals surface area contributed by atoms with Crippen molar-refractivity contribution < 1.29 is 9.90 Å². The molecule has 1 heterocycles. The lowest BCUT2D eigenvalue weighted by atomic mass is 10.1. The average molecular weight is 203 g/mol. The zero-order chi connectivity index (χ0) is 8.97. The number of carboxylic acid groups (broad SMARTS) is 1. The molecule has 0 saturated carbocycles. The molecule has 0 bridgehead atoms. The molecule has 0 aromatic carbocycles. The third-order valence-electron chi connectivity index (χ3n) is 1.52. The molecule has 0 aliphatic heterocycles. The lowest BCUT2D eigenvalue weighted by molar-refractivity contribution is -0.138. The molecule has 0 unspecified atom stereocenters. The molecule has 0 aliphatic rings. The normalized spacial score (nSPS) is 11.5. The van der Waals surface area contributed by atoms with E-state index in [0.29, 0.717) is 6.42 Å². The molecule has 0 radical (unpaired) electrons. The highest BCUT2D eigenvalue weighted by Gasteiger charge is 2.11. The molecule has 0 saturated heterocycles. The van der Waals surface area contributed by atoms with Gasteiger partial charge in [0, 0.05) is 12.4 Å². The highest BCUT2D eigenvalue weighted by atomic mass is 35.5. The van der Waals surface area contributed by atoms with Crippen molar-refractivity contribution in [1.29, 1.82) is 0 Å². The first-order valence-electron chi connectivity index (χ1n) is 3.57. The summed E-state index contributed by atoms with van der Waals surface area (Å²) in [6.07, 6.45) is 3.58. The third-order valence-corrected chi connectivity index (χ3v) is 1.52. The molecule has 0 spiro atoms. The van der Waals surface area contributed by atoms with Crippen LogP contribution in [0.15, 0.2) is 24.5 Å². The molecule has 0 fully saturated rings. The first-order chi connectivity index (χ1) is 5.70. The Bertz CT molecular complexity index is 266. The Kier molecular flexibility index (Phi) is 5.03. The van der Waals surface area contributed by atoms with Crippen LogP contribution in [0.5, 0.6) is 0 Å². The van der Waals surface area contributed by atoms with E-state index >= 15 is 0 Å². The van der Waals surface area contributed by atoms with E-state index in [-0.39, 0.29) is 12.4 Å². The number of carbonyl (C=O) groups is 1. The molecule has 1 aromatic heterocycles. The number of rotatable bonds is 3. The van der Waals surface area contributed by atoms with Crippen molar-refractivity contribution in [2.24, 2.45) is 5.73 Å². The largest absolute Gasteiger partial charge is 0.480 e. The number of hydrogen-bond acceptors (Lipinski definition) is 3. The maximum Gasteiger partial charge on any atom is 0.320 e. The fourth-order valence-electron chi connectivity index (χ4n) is 0.860. The van der Waals surface area contributed by atoms with Crippen LogP contribution in [0.3, 0.4) is 0 Å². The van der Waals surface area contributed by atoms with Crippen molar-refractivity contribution in [3.63, 3.8) is 0 Å². The summed E-state index contributed by atoms with van der Waals surface area (Å²) in [5, 5.41) is 8.50. The number of pyridine rings is 1. The van der Waals surface area contributed by atoms with Crippen molar-refractivity contribution in [3.05, 3.63) is 30.1 Å². The van der Waals surface area contributed by atoms with Crippen LogP contribution in [0.4, 0.5) is 0 Å². The standard InChI is InChI=1S/C8H10N2O2.ClH/c9-7(8(11)12)5-6-1-3-10-4-2-6;/h1-4,7H,5,9H2,(H,11,12);1H/t7-;/m0./s1. The van der Waals surface area contributed by atoms with Gasteiger partial charge in [0.05, 0.1) is 0 Å². The Balaban J connectivity index is 0.00000144. The highest BCUT2D eigenvalue weighted by Crippen LogP contribution is 1.99. The molecule has 5 heteroatoms. The Morgan fingerprint density at radius 2 is 2.08 bits per heavy atom. The topological polar surface area (TPSA) is 76.2 Å². The maximum absolute atomic E-state index is 10.4. The average Bonchev–Trinajstić information content (AvgIpc) is 2.06. The summed E-state index contributed by atoms with van der Waals surface area (Å²) in [5.41, 5.74) is 6.22. The minimum absolute atomic E-state index is 0. The first-order valence-corrected chi connectivity index (χ1v) is 3.57. The van der Waals surface area contributed by atoms with E-state index in [1.54, 1.807) is 24.5 Å². The number of hydrogen-bond donors (Lipinski definition) is 2. The Labute approximate surface area is 82.2 Å². The fourth-order valence-corrected chi connectivity index (χ4v) is 0.860. The van der Waals surface area contributed by atoms with Gasteiger partial charge in [0.2, 0.25) is 0 Å². The number of carboxylic acids is 1. The van der Waals surface area contributed by atoms with Gasteiger partial charge in [-0.25, -0.2) is 0 Å². The summed E-state index contributed by atoms with van der Waals surface area (Å²) in [4.78, 5) is 14.2. The highest BCUT2D eigenvalue weighted by molar-refractivity contribution is 5.85. The van der Waals surface area contributed by atoms with Gasteiger partial charge in [0.1, 0.15) is 6.04 Å². The molecule has 3 N–H and O–H groups in total. The molecule has 1 atom stereocenters. The first kappa shape index (κ1) is 11.9. The van der Waals surface area contributed by atoms with Crippen molar-refractivity contribution in [3.8, 4) is 0 Å². The van der Waals surface area contributed by atoms with E-state index in [2.05, 4.69) is 4.98 Å². The van der Waals surface area contributed by atoms with Gasteiger partial charge in [-0.15, -0.1) is 12.4 Å². The van der Waals surface area contributed by atoms with Crippen LogP contribution in [0.1, 0.15) is 5.56 Å². The van der Waals surface area contributed by atoms with E-state index in [4.69, 9.17) is 10.8 Å². The number of halogens is 1. The molecule has 72 valence electrons. The number of aliphatic carboxylic acids is 1. The van der Waals surface area contributed by atoms with E-state index in [1.165, 1.54) is 0 Å². The number of aromatic nitrogens is 1. The SMILES string of the molecule is Cl.N[C@@H](Cc1ccncc1)C(=O)O. The van der Waals surface area contributed by atoms with Crippen molar-refractivity contribution in [1.82, 2.24) is 4.98 Å². The van der Waals surface area contributed by atoms with E-state index in [1.807, 2.05) is 0 Å². The summed E-state index contributed by atoms with van der Waals surface area (Å²) in [7, 11) is 0. The second-order valence-corrected chi connectivity index (χ2v) is 2.50. The van der Waals surface area contributed by atoms with Crippen molar-refractivity contribution in [2.75, 3.05) is 0 Å². The summed E-state index contributed by atoms with van der Waals surface area (Å²) < 4.78 is 0. The molecule has 1 rings (SSSR count). The predicted molar refractivity (Wildman–Crippen MR) is 50.8 cm³/mol. The van der Waals surface area contributed by atoms with Gasteiger partial charge in [0.25, 0.3) is 0 Å². The molecule has 0 aliphatic carbocycles. The minimum atomic E-state index is -0.980. The lowest BCUT2D eigenvalue weighted by Gasteiger charge is -2.04. The molecular weight excluding hydrogens is 192 g/mol. The third kappa shape index (κ3) is 3.87. The van der Waals surface area contributed by atoms with Gasteiger partial charge in [-0.05, 0) is 24.1 Å². The van der Waals surface area contributed by atoms with Gasteiger partial charge in [-0.2, -0.15) is 0 Å². The lowest BCUT2D eigenvalue weighted by Crippen LogP contribution is -2.32. The van der Waals surface area contributed by atoms with E-state index < -0.39 is 12.0 Å². The summed E-state index contributed by atoms with van der Waals surface area (Å²) in [5.74, 6) is -0.980. The van der Waals surface area contributed by atoms with Crippen LogP contribution in [0.2, 0.25) is 0 Å². The minimum Gasteiger partial charge on any atom is -0.480 e. The quantitative estimate of drug-likeness (QED) is 0.747. The van der Waals surface area contributed by atoms with Crippen LogP contribution in [0, 0.1) is 0 Å². The predicted octanol–water partition coefficient (Wildman–Crippen LogP) is 0.458. The second kappa shape index (κ2) is 5.50. The molecule has 13 heavy (non-hydrogen) atoms. The van der Waals surface area contributed by atoms with Crippen LogP contribution in [0.25, 0.3) is 0 Å². The summed E-state index contributed by atoms with van der Waals surface area (Å²) in [6.45, 7) is 0. The van der Waals surface area contributed by atoms with E-state index in [0.717, 1.165) is 5.56 Å². The van der Waals surface area contributed by atoms with Crippen molar-refractivity contribution in [2.45, 2.75) is 12.5 Å². The van der Waals surface area contributed by atoms with Crippen LogP contribution >= 0.6 is 12.4 Å².